The van der Waals surface area contributed by atoms with Gasteiger partial charge in [-0.15, -0.1) is 0 Å². The Morgan fingerprint density at radius 2 is 2.50 bits per heavy atom. The number of hydroxylamine groups is 1. The summed E-state index contributed by atoms with van der Waals surface area (Å²) in [6, 6.07) is 1.85. The number of furan rings is 1. The summed E-state index contributed by atoms with van der Waals surface area (Å²) >= 11 is 0. The maximum Gasteiger partial charge on any atom is 0.152 e. The third kappa shape index (κ3) is 1.07. The molecule has 4 nitrogen and oxygen atoms in total. The summed E-state index contributed by atoms with van der Waals surface area (Å²) in [5.74, 6) is 0. The summed E-state index contributed by atoms with van der Waals surface area (Å²) in [5.41, 5.74) is 3.75. The second-order valence-corrected chi connectivity index (χ2v) is 2.47. The SMILES string of the molecule is ONCc1coc2cnccc12. The zero-order valence-corrected chi connectivity index (χ0v) is 6.32. The average Bonchev–Trinajstić information content (AvgIpc) is 2.50. The molecule has 0 saturated heterocycles. The van der Waals surface area contributed by atoms with Gasteiger partial charge in [-0.05, 0) is 6.07 Å². The van der Waals surface area contributed by atoms with Gasteiger partial charge in [0.15, 0.2) is 5.58 Å². The van der Waals surface area contributed by atoms with E-state index in [0.717, 1.165) is 16.5 Å². The van der Waals surface area contributed by atoms with Crippen LogP contribution < -0.4 is 5.48 Å². The number of hydrogen-bond acceptors (Lipinski definition) is 4. The molecule has 2 aromatic heterocycles. The fourth-order valence-electron chi connectivity index (χ4n) is 1.16. The average molecular weight is 164 g/mol. The van der Waals surface area contributed by atoms with Crippen molar-refractivity contribution >= 4 is 11.0 Å². The van der Waals surface area contributed by atoms with Crippen molar-refractivity contribution in [2.45, 2.75) is 6.54 Å². The number of rotatable bonds is 2. The van der Waals surface area contributed by atoms with Crippen LogP contribution in [0.2, 0.25) is 0 Å². The van der Waals surface area contributed by atoms with Crippen LogP contribution in [0.3, 0.4) is 0 Å². The Labute approximate surface area is 68.8 Å². The first-order valence-electron chi connectivity index (χ1n) is 3.59. The summed E-state index contributed by atoms with van der Waals surface area (Å²) in [4.78, 5) is 3.91. The van der Waals surface area contributed by atoms with Gasteiger partial charge in [0.25, 0.3) is 0 Å². The Balaban J connectivity index is 2.55. The first-order valence-corrected chi connectivity index (χ1v) is 3.59. The molecule has 12 heavy (non-hydrogen) atoms. The Hall–Kier alpha value is -1.39. The summed E-state index contributed by atoms with van der Waals surface area (Å²) in [6.45, 7) is 0.386. The van der Waals surface area contributed by atoms with Crippen molar-refractivity contribution in [1.82, 2.24) is 10.5 Å². The molecule has 0 fully saturated rings. The van der Waals surface area contributed by atoms with Crippen LogP contribution in [0.5, 0.6) is 0 Å². The van der Waals surface area contributed by atoms with Crippen LogP contribution in [0.4, 0.5) is 0 Å². The fourth-order valence-corrected chi connectivity index (χ4v) is 1.16. The predicted molar refractivity (Wildman–Crippen MR) is 42.6 cm³/mol. The number of pyridine rings is 1. The van der Waals surface area contributed by atoms with E-state index < -0.39 is 0 Å². The molecule has 0 radical (unpaired) electrons. The third-order valence-corrected chi connectivity index (χ3v) is 1.73. The highest BCUT2D eigenvalue weighted by Crippen LogP contribution is 2.18. The highest BCUT2D eigenvalue weighted by molar-refractivity contribution is 5.79. The molecular weight excluding hydrogens is 156 g/mol. The molecule has 0 aliphatic carbocycles. The number of fused-ring (bicyclic) bond motifs is 1. The lowest BCUT2D eigenvalue weighted by molar-refractivity contribution is 0.161. The highest BCUT2D eigenvalue weighted by atomic mass is 16.5. The molecular formula is C8H8N2O2. The molecule has 0 aromatic carbocycles. The van der Waals surface area contributed by atoms with Crippen LogP contribution in [-0.4, -0.2) is 10.2 Å². The smallest absolute Gasteiger partial charge is 0.152 e. The van der Waals surface area contributed by atoms with Gasteiger partial charge in [0.1, 0.15) is 0 Å². The monoisotopic (exact) mass is 164 g/mol. The number of aromatic nitrogens is 1. The number of nitrogens with zero attached hydrogens (tertiary/aromatic N) is 1. The number of hydrogen-bond donors (Lipinski definition) is 2. The summed E-state index contributed by atoms with van der Waals surface area (Å²) in [5, 5.41) is 9.47. The van der Waals surface area contributed by atoms with E-state index in [1.54, 1.807) is 18.7 Å². The standard InChI is InChI=1S/C8H8N2O2/c11-10-3-6-5-12-8-4-9-2-1-7(6)8/h1-2,4-5,10-11H,3H2. The molecule has 0 saturated carbocycles. The van der Waals surface area contributed by atoms with Crippen LogP contribution in [-0.2, 0) is 6.54 Å². The molecule has 0 spiro atoms. The van der Waals surface area contributed by atoms with Crippen molar-refractivity contribution in [1.29, 1.82) is 0 Å². The van der Waals surface area contributed by atoms with Crippen LogP contribution >= 0.6 is 0 Å². The second-order valence-electron chi connectivity index (χ2n) is 2.47. The van der Waals surface area contributed by atoms with E-state index in [1.165, 1.54) is 0 Å². The fraction of sp³-hybridized carbons (Fsp3) is 0.125. The zero-order valence-electron chi connectivity index (χ0n) is 6.32. The summed E-state index contributed by atoms with van der Waals surface area (Å²) in [6.07, 6.45) is 4.95. The van der Waals surface area contributed by atoms with Crippen molar-refractivity contribution in [2.24, 2.45) is 0 Å². The van der Waals surface area contributed by atoms with Gasteiger partial charge in [0.05, 0.1) is 12.5 Å². The van der Waals surface area contributed by atoms with Crippen LogP contribution in [0, 0.1) is 0 Å². The van der Waals surface area contributed by atoms with E-state index in [9.17, 15) is 0 Å². The minimum Gasteiger partial charge on any atom is -0.462 e. The minimum absolute atomic E-state index is 0.386. The maximum atomic E-state index is 8.49. The molecule has 0 amide bonds. The zero-order chi connectivity index (χ0) is 8.39. The lowest BCUT2D eigenvalue weighted by Crippen LogP contribution is -2.04. The van der Waals surface area contributed by atoms with Gasteiger partial charge < -0.3 is 9.62 Å². The van der Waals surface area contributed by atoms with Gasteiger partial charge in [-0.2, -0.15) is 0 Å². The lowest BCUT2D eigenvalue weighted by atomic mass is 10.2. The van der Waals surface area contributed by atoms with Crippen molar-refractivity contribution in [3.63, 3.8) is 0 Å². The molecule has 0 aliphatic rings. The molecule has 0 aliphatic heterocycles. The molecule has 62 valence electrons. The van der Waals surface area contributed by atoms with E-state index >= 15 is 0 Å². The topological polar surface area (TPSA) is 58.3 Å². The van der Waals surface area contributed by atoms with Gasteiger partial charge in [-0.3, -0.25) is 4.98 Å². The first kappa shape index (κ1) is 7.27. The van der Waals surface area contributed by atoms with Crippen LogP contribution in [0.1, 0.15) is 5.56 Å². The number of nitrogens with one attached hydrogen (secondary N) is 1. The normalized spacial score (nSPS) is 10.8. The van der Waals surface area contributed by atoms with E-state index in [-0.39, 0.29) is 0 Å². The summed E-state index contributed by atoms with van der Waals surface area (Å²) < 4.78 is 5.19. The first-order chi connectivity index (χ1) is 5.92. The van der Waals surface area contributed by atoms with Gasteiger partial charge in [0.2, 0.25) is 0 Å². The predicted octanol–water partition coefficient (Wildman–Crippen LogP) is 1.31. The van der Waals surface area contributed by atoms with Crippen molar-refractivity contribution in [3.05, 3.63) is 30.3 Å². The van der Waals surface area contributed by atoms with E-state index in [2.05, 4.69) is 10.5 Å². The van der Waals surface area contributed by atoms with Crippen LogP contribution in [0.15, 0.2) is 29.1 Å². The van der Waals surface area contributed by atoms with Gasteiger partial charge in [0, 0.05) is 23.7 Å². The quantitative estimate of drug-likeness (QED) is 0.657. The van der Waals surface area contributed by atoms with E-state index in [1.807, 2.05) is 6.07 Å². The maximum absolute atomic E-state index is 8.49. The second kappa shape index (κ2) is 2.92. The molecule has 0 unspecified atom stereocenters. The summed E-state index contributed by atoms with van der Waals surface area (Å²) in [7, 11) is 0. The Morgan fingerprint density at radius 3 is 3.33 bits per heavy atom. The van der Waals surface area contributed by atoms with Crippen molar-refractivity contribution in [3.8, 4) is 0 Å². The Bertz CT molecular complexity index is 383. The third-order valence-electron chi connectivity index (χ3n) is 1.73. The van der Waals surface area contributed by atoms with Gasteiger partial charge in [-0.25, -0.2) is 5.48 Å². The van der Waals surface area contributed by atoms with Crippen LogP contribution in [0.25, 0.3) is 11.0 Å². The molecule has 2 aromatic rings. The molecule has 0 atom stereocenters. The minimum atomic E-state index is 0.386. The van der Waals surface area contributed by atoms with Gasteiger partial charge >= 0.3 is 0 Å². The van der Waals surface area contributed by atoms with Crippen molar-refractivity contribution in [2.75, 3.05) is 0 Å². The Kier molecular flexibility index (Phi) is 1.77. The molecule has 2 N–H and O–H groups in total. The highest BCUT2D eigenvalue weighted by Gasteiger charge is 2.03. The largest absolute Gasteiger partial charge is 0.462 e. The molecule has 4 heteroatoms. The molecule has 2 heterocycles. The van der Waals surface area contributed by atoms with E-state index in [0.29, 0.717) is 6.54 Å². The molecule has 0 bridgehead atoms. The lowest BCUT2D eigenvalue weighted by Gasteiger charge is -1.92. The molecule has 2 rings (SSSR count). The van der Waals surface area contributed by atoms with Gasteiger partial charge in [-0.1, -0.05) is 0 Å². The Morgan fingerprint density at radius 1 is 1.58 bits per heavy atom. The van der Waals surface area contributed by atoms with E-state index in [4.69, 9.17) is 9.62 Å². The van der Waals surface area contributed by atoms with Crippen molar-refractivity contribution < 1.29 is 9.62 Å².